The fourth-order valence-corrected chi connectivity index (χ4v) is 2.73. The largest absolute Gasteiger partial charge is 0.378 e. The van der Waals surface area contributed by atoms with Gasteiger partial charge in [0.2, 0.25) is 5.91 Å². The van der Waals surface area contributed by atoms with Crippen LogP contribution in [0, 0.1) is 0 Å². The summed E-state index contributed by atoms with van der Waals surface area (Å²) in [7, 11) is 1.97. The summed E-state index contributed by atoms with van der Waals surface area (Å²) in [5.41, 5.74) is 1.86. The Hall–Kier alpha value is -1.95. The molecule has 0 saturated carbocycles. The first-order valence-electron chi connectivity index (χ1n) is 5.99. The number of hydrogen-bond donors (Lipinski definition) is 2. The van der Waals surface area contributed by atoms with E-state index >= 15 is 0 Å². The Balaban J connectivity index is 1.74. The molecule has 0 atom stereocenters. The van der Waals surface area contributed by atoms with Gasteiger partial charge in [0.05, 0.1) is 18.0 Å². The van der Waals surface area contributed by atoms with E-state index in [0.29, 0.717) is 12.3 Å². The standard InChI is InChI=1S/C13H14N4OS/c1-17-5-4-14-12(17)7-15-9-2-3-11-10(6-9)16-13(18)8-19-11/h2-6,15H,7-8H2,1H3,(H,16,18). The number of nitrogens with one attached hydrogen (secondary N) is 2. The molecule has 1 aliphatic rings. The maximum Gasteiger partial charge on any atom is 0.234 e. The van der Waals surface area contributed by atoms with Gasteiger partial charge in [-0.25, -0.2) is 4.98 Å². The molecule has 2 N–H and O–H groups in total. The fourth-order valence-electron chi connectivity index (χ4n) is 1.94. The van der Waals surface area contributed by atoms with Crippen molar-refractivity contribution in [3.8, 4) is 0 Å². The molecule has 6 heteroatoms. The average molecular weight is 274 g/mol. The quantitative estimate of drug-likeness (QED) is 0.899. The lowest BCUT2D eigenvalue weighted by atomic mass is 10.2. The van der Waals surface area contributed by atoms with Crippen LogP contribution in [0.15, 0.2) is 35.5 Å². The van der Waals surface area contributed by atoms with Crippen molar-refractivity contribution in [1.82, 2.24) is 9.55 Å². The Morgan fingerprint density at radius 3 is 3.21 bits per heavy atom. The molecule has 1 amide bonds. The molecule has 1 aromatic heterocycles. The normalized spacial score (nSPS) is 13.8. The molecule has 0 bridgehead atoms. The molecule has 0 unspecified atom stereocenters. The van der Waals surface area contributed by atoms with Crippen molar-refractivity contribution in [2.45, 2.75) is 11.4 Å². The zero-order valence-electron chi connectivity index (χ0n) is 10.5. The van der Waals surface area contributed by atoms with Gasteiger partial charge in [0, 0.05) is 30.0 Å². The lowest BCUT2D eigenvalue weighted by Crippen LogP contribution is -2.18. The number of carbonyl (C=O) groups excluding carboxylic acids is 1. The predicted molar refractivity (Wildman–Crippen MR) is 76.3 cm³/mol. The van der Waals surface area contributed by atoms with E-state index in [1.54, 1.807) is 18.0 Å². The van der Waals surface area contributed by atoms with Gasteiger partial charge in [0.25, 0.3) is 0 Å². The Morgan fingerprint density at radius 1 is 1.53 bits per heavy atom. The summed E-state index contributed by atoms with van der Waals surface area (Å²) < 4.78 is 1.98. The van der Waals surface area contributed by atoms with E-state index < -0.39 is 0 Å². The summed E-state index contributed by atoms with van der Waals surface area (Å²) in [6.45, 7) is 0.656. The molecular formula is C13H14N4OS. The van der Waals surface area contributed by atoms with E-state index in [9.17, 15) is 4.79 Å². The lowest BCUT2D eigenvalue weighted by molar-refractivity contribution is -0.113. The van der Waals surface area contributed by atoms with Crippen LogP contribution in [0.5, 0.6) is 0 Å². The van der Waals surface area contributed by atoms with Crippen LogP contribution in [0.2, 0.25) is 0 Å². The summed E-state index contributed by atoms with van der Waals surface area (Å²) in [4.78, 5) is 16.7. The van der Waals surface area contributed by atoms with Crippen LogP contribution >= 0.6 is 11.8 Å². The molecule has 2 heterocycles. The second kappa shape index (κ2) is 4.97. The minimum Gasteiger partial charge on any atom is -0.378 e. The second-order valence-electron chi connectivity index (χ2n) is 4.36. The van der Waals surface area contributed by atoms with E-state index in [4.69, 9.17) is 0 Å². The fraction of sp³-hybridized carbons (Fsp3) is 0.231. The van der Waals surface area contributed by atoms with Crippen LogP contribution in [0.3, 0.4) is 0 Å². The number of hydrogen-bond acceptors (Lipinski definition) is 4. The zero-order valence-corrected chi connectivity index (χ0v) is 11.3. The molecule has 0 fully saturated rings. The molecule has 98 valence electrons. The molecule has 3 rings (SSSR count). The summed E-state index contributed by atoms with van der Waals surface area (Å²) in [6.07, 6.45) is 3.70. The second-order valence-corrected chi connectivity index (χ2v) is 5.37. The van der Waals surface area contributed by atoms with Crippen molar-refractivity contribution >= 4 is 29.0 Å². The van der Waals surface area contributed by atoms with E-state index in [1.165, 1.54) is 0 Å². The summed E-state index contributed by atoms with van der Waals surface area (Å²) >= 11 is 1.57. The van der Waals surface area contributed by atoms with Crippen LogP contribution in [0.1, 0.15) is 5.82 Å². The minimum atomic E-state index is 0.0544. The topological polar surface area (TPSA) is 59.0 Å². The molecule has 0 spiro atoms. The molecule has 1 aromatic carbocycles. The molecule has 0 saturated heterocycles. The van der Waals surface area contributed by atoms with Gasteiger partial charge >= 0.3 is 0 Å². The number of rotatable bonds is 3. The highest BCUT2D eigenvalue weighted by atomic mass is 32.2. The molecule has 1 aliphatic heterocycles. The Labute approximate surface area is 115 Å². The Bertz CT molecular complexity index is 623. The number of amides is 1. The maximum absolute atomic E-state index is 11.4. The number of fused-ring (bicyclic) bond motifs is 1. The van der Waals surface area contributed by atoms with Gasteiger partial charge in [0.1, 0.15) is 5.82 Å². The van der Waals surface area contributed by atoms with E-state index in [1.807, 2.05) is 36.0 Å². The third-order valence-corrected chi connectivity index (χ3v) is 4.06. The van der Waals surface area contributed by atoms with Crippen molar-refractivity contribution in [2.24, 2.45) is 7.05 Å². The van der Waals surface area contributed by atoms with Crippen LogP contribution in [-0.4, -0.2) is 21.2 Å². The predicted octanol–water partition coefficient (Wildman–Crippen LogP) is 2.08. The monoisotopic (exact) mass is 274 g/mol. The number of aryl methyl sites for hydroxylation is 1. The molecule has 0 aliphatic carbocycles. The Morgan fingerprint density at radius 2 is 2.42 bits per heavy atom. The van der Waals surface area contributed by atoms with Crippen LogP contribution in [0.25, 0.3) is 0 Å². The number of aromatic nitrogens is 2. The zero-order chi connectivity index (χ0) is 13.2. The number of carbonyl (C=O) groups is 1. The maximum atomic E-state index is 11.4. The van der Waals surface area contributed by atoms with Gasteiger partial charge < -0.3 is 15.2 Å². The highest BCUT2D eigenvalue weighted by Crippen LogP contribution is 2.33. The highest BCUT2D eigenvalue weighted by molar-refractivity contribution is 8.00. The first kappa shape index (κ1) is 12.1. The summed E-state index contributed by atoms with van der Waals surface area (Å²) in [5, 5.41) is 6.19. The number of anilines is 2. The smallest absolute Gasteiger partial charge is 0.234 e. The van der Waals surface area contributed by atoms with Gasteiger partial charge in [-0.2, -0.15) is 0 Å². The minimum absolute atomic E-state index is 0.0544. The first-order valence-corrected chi connectivity index (χ1v) is 6.98. The number of benzene rings is 1. The van der Waals surface area contributed by atoms with Crippen LogP contribution < -0.4 is 10.6 Å². The third kappa shape index (κ3) is 2.58. The van der Waals surface area contributed by atoms with Gasteiger partial charge in [0.15, 0.2) is 0 Å². The SMILES string of the molecule is Cn1ccnc1CNc1ccc2c(c1)NC(=O)CS2. The van der Waals surface area contributed by atoms with Crippen molar-refractivity contribution in [1.29, 1.82) is 0 Å². The lowest BCUT2D eigenvalue weighted by Gasteiger charge is -2.17. The van der Waals surface area contributed by atoms with Crippen molar-refractivity contribution in [3.05, 3.63) is 36.4 Å². The van der Waals surface area contributed by atoms with Crippen LogP contribution in [-0.2, 0) is 18.4 Å². The number of imidazole rings is 1. The third-order valence-electron chi connectivity index (χ3n) is 2.98. The van der Waals surface area contributed by atoms with Crippen molar-refractivity contribution < 1.29 is 4.79 Å². The number of nitrogens with zero attached hydrogens (tertiary/aromatic N) is 2. The van der Waals surface area contributed by atoms with Crippen LogP contribution in [0.4, 0.5) is 11.4 Å². The first-order chi connectivity index (χ1) is 9.22. The van der Waals surface area contributed by atoms with Gasteiger partial charge in [-0.05, 0) is 18.2 Å². The molecule has 0 radical (unpaired) electrons. The van der Waals surface area contributed by atoms with E-state index in [0.717, 1.165) is 22.1 Å². The average Bonchev–Trinajstić information content (AvgIpc) is 2.81. The van der Waals surface area contributed by atoms with Crippen molar-refractivity contribution in [3.63, 3.8) is 0 Å². The molecular weight excluding hydrogens is 260 g/mol. The number of thioether (sulfide) groups is 1. The summed E-state index contributed by atoms with van der Waals surface area (Å²) in [6, 6.07) is 6.01. The molecule has 19 heavy (non-hydrogen) atoms. The summed E-state index contributed by atoms with van der Waals surface area (Å²) in [5.74, 6) is 1.52. The van der Waals surface area contributed by atoms with E-state index in [-0.39, 0.29) is 5.91 Å². The molecule has 2 aromatic rings. The van der Waals surface area contributed by atoms with Crippen molar-refractivity contribution in [2.75, 3.05) is 16.4 Å². The van der Waals surface area contributed by atoms with Gasteiger partial charge in [-0.1, -0.05) is 0 Å². The van der Waals surface area contributed by atoms with E-state index in [2.05, 4.69) is 15.6 Å². The van der Waals surface area contributed by atoms with Gasteiger partial charge in [-0.3, -0.25) is 4.79 Å². The Kier molecular flexibility index (Phi) is 3.16. The molecule has 5 nitrogen and oxygen atoms in total. The highest BCUT2D eigenvalue weighted by Gasteiger charge is 2.15. The van der Waals surface area contributed by atoms with Gasteiger partial charge in [-0.15, -0.1) is 11.8 Å².